The maximum atomic E-state index is 12.2. The van der Waals surface area contributed by atoms with Crippen LogP contribution in [-0.2, 0) is 4.74 Å². The molecule has 0 bridgehead atoms. The maximum Gasteiger partial charge on any atom is 0.342 e. The number of carbonyl (C=O) groups is 2. The van der Waals surface area contributed by atoms with E-state index in [-0.39, 0.29) is 17.1 Å². The molecule has 0 aliphatic heterocycles. The lowest BCUT2D eigenvalue weighted by molar-refractivity contribution is 0.0316. The number of benzene rings is 2. The van der Waals surface area contributed by atoms with Gasteiger partial charge in [-0.1, -0.05) is 29.8 Å². The van der Waals surface area contributed by atoms with Crippen LogP contribution in [0.5, 0.6) is 11.5 Å². The zero-order chi connectivity index (χ0) is 17.0. The molecule has 0 fully saturated rings. The minimum absolute atomic E-state index is 0.0191. The number of esters is 1. The van der Waals surface area contributed by atoms with E-state index in [0.717, 1.165) is 5.56 Å². The van der Waals surface area contributed by atoms with Gasteiger partial charge in [0.2, 0.25) is 5.78 Å². The Hall–Kier alpha value is -2.82. The monoisotopic (exact) mass is 314 g/mol. The second kappa shape index (κ2) is 6.96. The number of hydrogen-bond acceptors (Lipinski definition) is 5. The summed E-state index contributed by atoms with van der Waals surface area (Å²) in [4.78, 5) is 24.3. The van der Waals surface area contributed by atoms with E-state index in [1.807, 2.05) is 19.1 Å². The van der Waals surface area contributed by atoms with Gasteiger partial charge in [-0.2, -0.15) is 0 Å². The van der Waals surface area contributed by atoms with Crippen molar-refractivity contribution in [3.05, 3.63) is 59.2 Å². The molecule has 0 aliphatic rings. The zero-order valence-corrected chi connectivity index (χ0v) is 13.2. The first-order valence-electron chi connectivity index (χ1n) is 7.11. The summed E-state index contributed by atoms with van der Waals surface area (Å²) in [7, 11) is 1.45. The van der Waals surface area contributed by atoms with Gasteiger partial charge in [0, 0.05) is 11.6 Å². The van der Waals surface area contributed by atoms with E-state index in [4.69, 9.17) is 9.47 Å². The Bertz CT molecular complexity index is 719. The highest BCUT2D eigenvalue weighted by molar-refractivity contribution is 6.01. The number of phenols is 1. The Labute approximate surface area is 134 Å². The first-order chi connectivity index (χ1) is 10.9. The van der Waals surface area contributed by atoms with Crippen molar-refractivity contribution in [1.29, 1.82) is 0 Å². The van der Waals surface area contributed by atoms with Crippen LogP contribution in [0.2, 0.25) is 0 Å². The fraction of sp³-hybridized carbons (Fsp3) is 0.222. The summed E-state index contributed by atoms with van der Waals surface area (Å²) >= 11 is 0. The van der Waals surface area contributed by atoms with Crippen LogP contribution >= 0.6 is 0 Å². The lowest BCUT2D eigenvalue weighted by atomic mass is 10.1. The van der Waals surface area contributed by atoms with E-state index in [2.05, 4.69) is 0 Å². The molecule has 0 saturated heterocycles. The van der Waals surface area contributed by atoms with Crippen molar-refractivity contribution in [2.24, 2.45) is 0 Å². The molecule has 2 aromatic carbocycles. The number of hydrogen-bond donors (Lipinski definition) is 1. The normalized spacial score (nSPS) is 11.6. The molecular formula is C18H18O5. The van der Waals surface area contributed by atoms with Crippen molar-refractivity contribution in [2.45, 2.75) is 20.0 Å². The Morgan fingerprint density at radius 1 is 1.09 bits per heavy atom. The standard InChI is InChI=1S/C18H18O5/c1-11-4-6-13(7-5-11)17(20)12(2)23-18(21)15-9-8-14(22-3)10-16(15)19/h4-10,12,19H,1-3H3/t12-/m0/s1. The smallest absolute Gasteiger partial charge is 0.342 e. The van der Waals surface area contributed by atoms with E-state index in [1.165, 1.54) is 32.2 Å². The summed E-state index contributed by atoms with van der Waals surface area (Å²) in [6.45, 7) is 3.42. The van der Waals surface area contributed by atoms with E-state index in [1.54, 1.807) is 12.1 Å². The van der Waals surface area contributed by atoms with Gasteiger partial charge in [-0.25, -0.2) is 4.79 Å². The predicted octanol–water partition coefficient (Wildman–Crippen LogP) is 3.14. The first-order valence-corrected chi connectivity index (χ1v) is 7.11. The number of rotatable bonds is 5. The third-order valence-corrected chi connectivity index (χ3v) is 3.41. The lowest BCUT2D eigenvalue weighted by Crippen LogP contribution is -2.24. The number of carbonyl (C=O) groups excluding carboxylic acids is 2. The van der Waals surface area contributed by atoms with Crippen LogP contribution < -0.4 is 4.74 Å². The van der Waals surface area contributed by atoms with Crippen molar-refractivity contribution in [3.8, 4) is 11.5 Å². The van der Waals surface area contributed by atoms with Crippen LogP contribution in [0.3, 0.4) is 0 Å². The summed E-state index contributed by atoms with van der Waals surface area (Å²) in [5.41, 5.74) is 1.48. The van der Waals surface area contributed by atoms with Gasteiger partial charge < -0.3 is 14.6 Å². The number of ketones is 1. The van der Waals surface area contributed by atoms with Crippen molar-refractivity contribution in [1.82, 2.24) is 0 Å². The highest BCUT2D eigenvalue weighted by atomic mass is 16.5. The second-order valence-electron chi connectivity index (χ2n) is 5.16. The molecule has 5 nitrogen and oxygen atoms in total. The van der Waals surface area contributed by atoms with Crippen LogP contribution in [0, 0.1) is 6.92 Å². The number of phenolic OH excluding ortho intramolecular Hbond substituents is 1. The minimum atomic E-state index is -0.952. The number of Topliss-reactive ketones (excluding diaryl/α,β-unsaturated/α-hetero) is 1. The Balaban J connectivity index is 2.10. The minimum Gasteiger partial charge on any atom is -0.507 e. The van der Waals surface area contributed by atoms with Gasteiger partial charge in [0.15, 0.2) is 6.10 Å². The molecule has 0 aromatic heterocycles. The molecule has 2 aromatic rings. The van der Waals surface area contributed by atoms with Gasteiger partial charge in [0.25, 0.3) is 0 Å². The number of methoxy groups -OCH3 is 1. The molecule has 0 radical (unpaired) electrons. The van der Waals surface area contributed by atoms with Gasteiger partial charge in [0.05, 0.1) is 7.11 Å². The van der Waals surface area contributed by atoms with Gasteiger partial charge >= 0.3 is 5.97 Å². The van der Waals surface area contributed by atoms with E-state index in [9.17, 15) is 14.7 Å². The summed E-state index contributed by atoms with van der Waals surface area (Å²) in [5.74, 6) is -0.906. The van der Waals surface area contributed by atoms with Crippen LogP contribution in [0.1, 0.15) is 33.2 Å². The molecule has 0 saturated carbocycles. The van der Waals surface area contributed by atoms with Crippen LogP contribution in [0.15, 0.2) is 42.5 Å². The van der Waals surface area contributed by atoms with Crippen molar-refractivity contribution < 1.29 is 24.2 Å². The van der Waals surface area contributed by atoms with Gasteiger partial charge in [0.1, 0.15) is 17.1 Å². The van der Waals surface area contributed by atoms with Crippen molar-refractivity contribution >= 4 is 11.8 Å². The van der Waals surface area contributed by atoms with Crippen molar-refractivity contribution in [3.63, 3.8) is 0 Å². The quantitative estimate of drug-likeness (QED) is 0.678. The molecule has 0 amide bonds. The molecule has 23 heavy (non-hydrogen) atoms. The molecule has 0 heterocycles. The highest BCUT2D eigenvalue weighted by Gasteiger charge is 2.22. The third-order valence-electron chi connectivity index (χ3n) is 3.41. The van der Waals surface area contributed by atoms with Crippen LogP contribution in [-0.4, -0.2) is 30.1 Å². The third kappa shape index (κ3) is 3.88. The first kappa shape index (κ1) is 16.5. The molecule has 1 N–H and O–H groups in total. The largest absolute Gasteiger partial charge is 0.507 e. The molecule has 120 valence electrons. The number of aromatic hydroxyl groups is 1. The Morgan fingerprint density at radius 2 is 1.74 bits per heavy atom. The molecule has 1 atom stereocenters. The Morgan fingerprint density at radius 3 is 2.30 bits per heavy atom. The van der Waals surface area contributed by atoms with E-state index in [0.29, 0.717) is 11.3 Å². The van der Waals surface area contributed by atoms with Crippen molar-refractivity contribution in [2.75, 3.05) is 7.11 Å². The van der Waals surface area contributed by atoms with Gasteiger partial charge in [-0.3, -0.25) is 4.79 Å². The maximum absolute atomic E-state index is 12.2. The predicted molar refractivity (Wildman–Crippen MR) is 85.0 cm³/mol. The number of aryl methyl sites for hydroxylation is 1. The van der Waals surface area contributed by atoms with Crippen LogP contribution in [0.4, 0.5) is 0 Å². The Kier molecular flexibility index (Phi) is 5.01. The summed E-state index contributed by atoms with van der Waals surface area (Å²) in [5, 5.41) is 9.83. The number of ether oxygens (including phenoxy) is 2. The SMILES string of the molecule is COc1ccc(C(=O)O[C@@H](C)C(=O)c2ccc(C)cc2)c(O)c1. The summed E-state index contributed by atoms with van der Waals surface area (Å²) < 4.78 is 10.1. The zero-order valence-electron chi connectivity index (χ0n) is 13.2. The molecule has 0 spiro atoms. The van der Waals surface area contributed by atoms with E-state index >= 15 is 0 Å². The van der Waals surface area contributed by atoms with Crippen LogP contribution in [0.25, 0.3) is 0 Å². The van der Waals surface area contributed by atoms with Gasteiger partial charge in [-0.05, 0) is 26.0 Å². The van der Waals surface area contributed by atoms with Gasteiger partial charge in [-0.15, -0.1) is 0 Å². The molecule has 0 unspecified atom stereocenters. The molecule has 2 rings (SSSR count). The summed E-state index contributed by atoms with van der Waals surface area (Å²) in [6, 6.07) is 11.2. The summed E-state index contributed by atoms with van der Waals surface area (Å²) in [6.07, 6.45) is -0.952. The fourth-order valence-electron chi connectivity index (χ4n) is 2.04. The molecule has 5 heteroatoms. The topological polar surface area (TPSA) is 72.8 Å². The second-order valence-corrected chi connectivity index (χ2v) is 5.16. The lowest BCUT2D eigenvalue weighted by Gasteiger charge is -2.13. The average molecular weight is 314 g/mol. The van der Waals surface area contributed by atoms with E-state index < -0.39 is 12.1 Å². The molecule has 0 aliphatic carbocycles. The highest BCUT2D eigenvalue weighted by Crippen LogP contribution is 2.24. The molecular weight excluding hydrogens is 296 g/mol. The fourth-order valence-corrected chi connectivity index (χ4v) is 2.04. The average Bonchev–Trinajstić information content (AvgIpc) is 2.54.